The summed E-state index contributed by atoms with van der Waals surface area (Å²) in [4.78, 5) is 13.2. The van der Waals surface area contributed by atoms with E-state index in [4.69, 9.17) is 11.6 Å². The van der Waals surface area contributed by atoms with E-state index < -0.39 is 0 Å². The van der Waals surface area contributed by atoms with Crippen LogP contribution < -0.4 is 0 Å². The van der Waals surface area contributed by atoms with E-state index in [0.717, 1.165) is 24.3 Å². The Labute approximate surface area is 88.3 Å². The van der Waals surface area contributed by atoms with Crippen LogP contribution in [0.25, 0.3) is 0 Å². The highest BCUT2D eigenvalue weighted by Gasteiger charge is 2.28. The van der Waals surface area contributed by atoms with Crippen LogP contribution in [0, 0.1) is 0 Å². The van der Waals surface area contributed by atoms with Crippen molar-refractivity contribution in [2.24, 2.45) is 0 Å². The van der Waals surface area contributed by atoms with Gasteiger partial charge < -0.3 is 4.90 Å². The highest BCUT2D eigenvalue weighted by molar-refractivity contribution is 8.00. The maximum atomic E-state index is 11.5. The maximum absolute atomic E-state index is 11.5. The molecule has 0 aromatic rings. The minimum Gasteiger partial charge on any atom is -0.345 e. The van der Waals surface area contributed by atoms with E-state index in [9.17, 15) is 4.79 Å². The van der Waals surface area contributed by atoms with Crippen molar-refractivity contribution in [3.63, 3.8) is 0 Å². The van der Waals surface area contributed by atoms with Crippen molar-refractivity contribution < 1.29 is 4.79 Å². The number of carbonyl (C=O) groups excluding carboxylic acids is 1. The summed E-state index contributed by atoms with van der Waals surface area (Å²) in [5.74, 6) is 1.11. The van der Waals surface area contributed by atoms with Crippen molar-refractivity contribution in [2.45, 2.75) is 18.6 Å². The Morgan fingerprint density at radius 1 is 1.85 bits per heavy atom. The molecule has 0 spiro atoms. The van der Waals surface area contributed by atoms with Gasteiger partial charge in [-0.3, -0.25) is 4.79 Å². The van der Waals surface area contributed by atoms with Gasteiger partial charge in [0.25, 0.3) is 0 Å². The van der Waals surface area contributed by atoms with Gasteiger partial charge in [-0.15, -0.1) is 11.8 Å². The molecule has 1 fully saturated rings. The van der Waals surface area contributed by atoms with Gasteiger partial charge >= 0.3 is 0 Å². The van der Waals surface area contributed by atoms with Gasteiger partial charge in [-0.25, -0.2) is 0 Å². The fourth-order valence-corrected chi connectivity index (χ4v) is 2.52. The van der Waals surface area contributed by atoms with Crippen LogP contribution in [0.15, 0.2) is 11.1 Å². The minimum atomic E-state index is 0.150. The summed E-state index contributed by atoms with van der Waals surface area (Å²) in [5, 5.41) is 0.150. The Balaban J connectivity index is 2.35. The third-order valence-corrected chi connectivity index (χ3v) is 3.91. The zero-order valence-corrected chi connectivity index (χ0v) is 9.49. The Morgan fingerprint density at radius 2 is 2.54 bits per heavy atom. The lowest BCUT2D eigenvalue weighted by Crippen LogP contribution is -2.23. The van der Waals surface area contributed by atoms with Crippen molar-refractivity contribution in [3.8, 4) is 0 Å². The van der Waals surface area contributed by atoms with Crippen LogP contribution in [0.4, 0.5) is 0 Å². The number of amides is 1. The lowest BCUT2D eigenvalue weighted by atomic mass is 10.4. The molecule has 1 unspecified atom stereocenters. The normalized spacial score (nSPS) is 24.2. The largest absolute Gasteiger partial charge is 0.345 e. The Hall–Kier alpha value is -0.150. The molecule has 0 N–H and O–H groups in total. The molecule has 74 valence electrons. The summed E-state index contributed by atoms with van der Waals surface area (Å²) in [6.45, 7) is 2.86. The molecule has 1 aliphatic rings. The lowest BCUT2D eigenvalue weighted by Gasteiger charge is -2.09. The summed E-state index contributed by atoms with van der Waals surface area (Å²) in [6, 6.07) is 0. The third kappa shape index (κ3) is 2.92. The van der Waals surface area contributed by atoms with Crippen LogP contribution in [0.2, 0.25) is 0 Å². The molecule has 0 aromatic carbocycles. The van der Waals surface area contributed by atoms with Gasteiger partial charge in [0.2, 0.25) is 5.91 Å². The number of hydrogen-bond acceptors (Lipinski definition) is 2. The van der Waals surface area contributed by atoms with E-state index in [2.05, 4.69) is 0 Å². The molecule has 1 heterocycles. The Kier molecular flexibility index (Phi) is 4.13. The van der Waals surface area contributed by atoms with Crippen LogP contribution in [-0.4, -0.2) is 35.4 Å². The van der Waals surface area contributed by atoms with Gasteiger partial charge in [-0.2, -0.15) is 0 Å². The van der Waals surface area contributed by atoms with Crippen LogP contribution in [-0.2, 0) is 4.79 Å². The third-order valence-electron chi connectivity index (χ3n) is 2.08. The molecule has 0 aliphatic carbocycles. The summed E-state index contributed by atoms with van der Waals surface area (Å²) in [7, 11) is 1.85. The first-order valence-corrected chi connectivity index (χ1v) is 5.76. The molecule has 1 atom stereocenters. The maximum Gasteiger partial charge on any atom is 0.235 e. The number of hydrogen-bond donors (Lipinski definition) is 0. The molecule has 13 heavy (non-hydrogen) atoms. The number of carbonyl (C=O) groups is 1. The van der Waals surface area contributed by atoms with Crippen LogP contribution >= 0.6 is 23.4 Å². The highest BCUT2D eigenvalue weighted by Crippen LogP contribution is 2.24. The molecule has 0 saturated carbocycles. The van der Waals surface area contributed by atoms with E-state index in [1.54, 1.807) is 22.2 Å². The average molecular weight is 220 g/mol. The monoisotopic (exact) mass is 219 g/mol. The summed E-state index contributed by atoms with van der Waals surface area (Å²) in [6.07, 6.45) is 0.968. The smallest absolute Gasteiger partial charge is 0.235 e. The summed E-state index contributed by atoms with van der Waals surface area (Å²) >= 11 is 7.22. The second-order valence-corrected chi connectivity index (χ2v) is 4.71. The zero-order valence-electron chi connectivity index (χ0n) is 7.92. The van der Waals surface area contributed by atoms with E-state index in [-0.39, 0.29) is 11.2 Å². The number of nitrogens with zero attached hydrogens (tertiary/aromatic N) is 1. The molecular weight excluding hydrogens is 206 g/mol. The standard InChI is InChI=1S/C9H14ClNOS/c1-7(5-10)6-13-8-3-4-11(2)9(8)12/h5,8H,3-4,6H2,1-2H3/b7-5+. The van der Waals surface area contributed by atoms with E-state index in [1.807, 2.05) is 14.0 Å². The molecule has 0 radical (unpaired) electrons. The predicted molar refractivity (Wildman–Crippen MR) is 58.1 cm³/mol. The summed E-state index contributed by atoms with van der Waals surface area (Å²) in [5.41, 5.74) is 2.70. The zero-order chi connectivity index (χ0) is 9.84. The first kappa shape index (κ1) is 10.9. The van der Waals surface area contributed by atoms with Crippen molar-refractivity contribution in [2.75, 3.05) is 19.3 Å². The van der Waals surface area contributed by atoms with Gasteiger partial charge in [0.05, 0.1) is 5.25 Å². The fourth-order valence-electron chi connectivity index (χ4n) is 1.21. The Morgan fingerprint density at radius 3 is 3.00 bits per heavy atom. The van der Waals surface area contributed by atoms with E-state index in [0.29, 0.717) is 0 Å². The van der Waals surface area contributed by atoms with Crippen molar-refractivity contribution in [1.29, 1.82) is 0 Å². The van der Waals surface area contributed by atoms with Crippen LogP contribution in [0.3, 0.4) is 0 Å². The number of halogens is 1. The van der Waals surface area contributed by atoms with Crippen molar-refractivity contribution in [3.05, 3.63) is 11.1 Å². The van der Waals surface area contributed by atoms with Gasteiger partial charge in [0.1, 0.15) is 0 Å². The molecule has 1 saturated heterocycles. The summed E-state index contributed by atoms with van der Waals surface area (Å²) < 4.78 is 0. The molecular formula is C9H14ClNOS. The average Bonchev–Trinajstić information content (AvgIpc) is 2.44. The fraction of sp³-hybridized carbons (Fsp3) is 0.667. The predicted octanol–water partition coefficient (Wildman–Crippen LogP) is 2.09. The van der Waals surface area contributed by atoms with Gasteiger partial charge in [0.15, 0.2) is 0 Å². The van der Waals surface area contributed by atoms with E-state index >= 15 is 0 Å². The second kappa shape index (κ2) is 4.91. The second-order valence-electron chi connectivity index (χ2n) is 3.30. The Bertz CT molecular complexity index is 230. The molecule has 1 rings (SSSR count). The molecule has 0 bridgehead atoms. The minimum absolute atomic E-state index is 0.150. The van der Waals surface area contributed by atoms with Gasteiger partial charge in [0, 0.05) is 24.9 Å². The van der Waals surface area contributed by atoms with E-state index in [1.165, 1.54) is 0 Å². The first-order valence-electron chi connectivity index (χ1n) is 4.27. The SMILES string of the molecule is C/C(=C\Cl)CSC1CCN(C)C1=O. The van der Waals surface area contributed by atoms with Crippen molar-refractivity contribution >= 4 is 29.3 Å². The van der Waals surface area contributed by atoms with Gasteiger partial charge in [-0.1, -0.05) is 17.2 Å². The van der Waals surface area contributed by atoms with Crippen LogP contribution in [0.1, 0.15) is 13.3 Å². The van der Waals surface area contributed by atoms with Crippen molar-refractivity contribution in [1.82, 2.24) is 4.90 Å². The first-order chi connectivity index (χ1) is 6.15. The quantitative estimate of drug-likeness (QED) is 0.725. The topological polar surface area (TPSA) is 20.3 Å². The lowest BCUT2D eigenvalue weighted by molar-refractivity contribution is -0.126. The van der Waals surface area contributed by atoms with Crippen LogP contribution in [0.5, 0.6) is 0 Å². The highest BCUT2D eigenvalue weighted by atomic mass is 35.5. The number of rotatable bonds is 3. The number of likely N-dealkylation sites (tertiary alicyclic amines) is 1. The number of thioether (sulfide) groups is 1. The molecule has 4 heteroatoms. The van der Waals surface area contributed by atoms with Gasteiger partial charge in [-0.05, 0) is 13.3 Å². The molecule has 1 aliphatic heterocycles. The molecule has 0 aromatic heterocycles. The molecule has 2 nitrogen and oxygen atoms in total. The molecule has 1 amide bonds.